The predicted molar refractivity (Wildman–Crippen MR) is 181 cm³/mol. The molecular formula is C33H46N3O9PS. The third-order valence-electron chi connectivity index (χ3n) is 7.40. The third-order valence-corrected chi connectivity index (χ3v) is 11.6. The van der Waals surface area contributed by atoms with Crippen molar-refractivity contribution in [2.45, 2.75) is 63.4 Å². The molecule has 0 aliphatic carbocycles. The molecule has 0 radical (unpaired) electrons. The first kappa shape index (κ1) is 38.3. The maximum atomic E-state index is 14.3. The number of ether oxygens (including phenoxy) is 1. The van der Waals surface area contributed by atoms with Gasteiger partial charge in [0.15, 0.2) is 0 Å². The van der Waals surface area contributed by atoms with E-state index >= 15 is 0 Å². The number of benzene rings is 3. The first-order chi connectivity index (χ1) is 22.3. The molecule has 0 aromatic heterocycles. The van der Waals surface area contributed by atoms with Crippen LogP contribution in [0.5, 0.6) is 5.75 Å². The fourth-order valence-electron chi connectivity index (χ4n) is 5.15. The average Bonchev–Trinajstić information content (AvgIpc) is 3.04. The molecule has 0 heterocycles. The second-order valence-electron chi connectivity index (χ2n) is 11.4. The van der Waals surface area contributed by atoms with Crippen molar-refractivity contribution in [2.24, 2.45) is 5.92 Å². The van der Waals surface area contributed by atoms with Crippen LogP contribution in [0.4, 0.5) is 5.69 Å². The van der Waals surface area contributed by atoms with Gasteiger partial charge in [-0.15, -0.1) is 0 Å². The topological polar surface area (TPSA) is 158 Å². The molecule has 14 heteroatoms. The van der Waals surface area contributed by atoms with Crippen LogP contribution in [0.3, 0.4) is 0 Å². The Kier molecular flexibility index (Phi) is 14.5. The number of sulfonamides is 1. The number of hydrogen-bond donors (Lipinski definition) is 2. The van der Waals surface area contributed by atoms with Gasteiger partial charge in [0.1, 0.15) is 11.5 Å². The second-order valence-corrected chi connectivity index (χ2v) is 15.6. The van der Waals surface area contributed by atoms with Gasteiger partial charge in [-0.2, -0.15) is 4.31 Å². The summed E-state index contributed by atoms with van der Waals surface area (Å²) in [4.78, 5) is 10.8. The molecule has 47 heavy (non-hydrogen) atoms. The van der Waals surface area contributed by atoms with Gasteiger partial charge in [0.05, 0.1) is 36.2 Å². The first-order valence-electron chi connectivity index (χ1n) is 15.6. The number of nitro groups is 1. The van der Waals surface area contributed by atoms with Crippen LogP contribution in [0, 0.1) is 16.0 Å². The molecule has 0 bridgehead atoms. The lowest BCUT2D eigenvalue weighted by molar-refractivity contribution is -0.384. The number of nitrogens with one attached hydrogen (secondary N) is 1. The minimum Gasteiger partial charge on any atom is -0.497 e. The van der Waals surface area contributed by atoms with E-state index in [4.69, 9.17) is 13.8 Å². The first-order valence-corrected chi connectivity index (χ1v) is 18.6. The summed E-state index contributed by atoms with van der Waals surface area (Å²) in [5.41, 5.74) is 1.40. The van der Waals surface area contributed by atoms with Crippen LogP contribution in [0.2, 0.25) is 0 Å². The summed E-state index contributed by atoms with van der Waals surface area (Å²) in [7, 11) is -6.40. The molecule has 0 fully saturated rings. The second kappa shape index (κ2) is 17.8. The normalized spacial score (nSPS) is 14.2. The Morgan fingerprint density at radius 3 is 1.98 bits per heavy atom. The van der Waals surface area contributed by atoms with Gasteiger partial charge >= 0.3 is 7.60 Å². The van der Waals surface area contributed by atoms with E-state index in [1.165, 1.54) is 35.7 Å². The van der Waals surface area contributed by atoms with Gasteiger partial charge in [-0.25, -0.2) is 8.42 Å². The summed E-state index contributed by atoms with van der Waals surface area (Å²) in [6.07, 6.45) is -0.916. The van der Waals surface area contributed by atoms with E-state index in [1.54, 1.807) is 38.1 Å². The van der Waals surface area contributed by atoms with Gasteiger partial charge in [0.2, 0.25) is 10.0 Å². The molecular weight excluding hydrogens is 645 g/mol. The minimum atomic E-state index is -4.03. The highest BCUT2D eigenvalue weighted by atomic mass is 32.2. The average molecular weight is 692 g/mol. The lowest BCUT2D eigenvalue weighted by Gasteiger charge is -2.35. The lowest BCUT2D eigenvalue weighted by atomic mass is 10.0. The number of aliphatic hydroxyl groups excluding tert-OH is 1. The zero-order chi connectivity index (χ0) is 34.6. The van der Waals surface area contributed by atoms with Crippen molar-refractivity contribution < 1.29 is 36.8 Å². The number of rotatable bonds is 20. The van der Waals surface area contributed by atoms with E-state index in [1.807, 2.05) is 44.2 Å². The zero-order valence-electron chi connectivity index (χ0n) is 27.5. The maximum Gasteiger partial charge on any atom is 0.347 e. The monoisotopic (exact) mass is 691 g/mol. The lowest BCUT2D eigenvalue weighted by Crippen LogP contribution is -2.52. The largest absolute Gasteiger partial charge is 0.497 e. The summed E-state index contributed by atoms with van der Waals surface area (Å²) in [6, 6.07) is 20.5. The smallest absolute Gasteiger partial charge is 0.347 e. The van der Waals surface area contributed by atoms with Crippen molar-refractivity contribution in [3.63, 3.8) is 0 Å². The van der Waals surface area contributed by atoms with Crippen molar-refractivity contribution in [1.29, 1.82) is 0 Å². The van der Waals surface area contributed by atoms with Crippen LogP contribution < -0.4 is 10.1 Å². The van der Waals surface area contributed by atoms with Crippen LogP contribution in [0.25, 0.3) is 0 Å². The third kappa shape index (κ3) is 10.9. The summed E-state index contributed by atoms with van der Waals surface area (Å²) >= 11 is 0. The Balaban J connectivity index is 2.03. The molecule has 0 aliphatic heterocycles. The molecule has 3 aromatic rings. The van der Waals surface area contributed by atoms with E-state index in [0.29, 0.717) is 11.3 Å². The molecule has 1 unspecified atom stereocenters. The SMILES string of the molecule is CCOP(=O)(OCC)C(Cc1ccc([N+](=O)[O-])cc1)N[C@@H](Cc1ccccc1)[C@H](O)CN(CC(C)C)S(=O)(=O)c1ccc(OC)cc1. The van der Waals surface area contributed by atoms with Gasteiger partial charge in [0, 0.05) is 31.3 Å². The van der Waals surface area contributed by atoms with Gasteiger partial charge in [-0.3, -0.25) is 20.0 Å². The summed E-state index contributed by atoms with van der Waals surface area (Å²) in [5.74, 6) is -0.524. The van der Waals surface area contributed by atoms with Crippen LogP contribution in [0.15, 0.2) is 83.8 Å². The summed E-state index contributed by atoms with van der Waals surface area (Å²) in [6.45, 7) is 7.23. The summed E-state index contributed by atoms with van der Waals surface area (Å²) in [5, 5.41) is 26.4. The Bertz CT molecular complexity index is 1550. The fraction of sp³-hybridized carbons (Fsp3) is 0.455. The Hall–Kier alpha value is -3.16. The minimum absolute atomic E-state index is 0.0539. The molecule has 0 saturated heterocycles. The van der Waals surface area contributed by atoms with Crippen molar-refractivity contribution in [1.82, 2.24) is 9.62 Å². The van der Waals surface area contributed by atoms with Crippen molar-refractivity contribution in [3.8, 4) is 5.75 Å². The molecule has 3 aromatic carbocycles. The van der Waals surface area contributed by atoms with E-state index in [2.05, 4.69) is 5.32 Å². The van der Waals surface area contributed by atoms with Gasteiger partial charge < -0.3 is 18.9 Å². The zero-order valence-corrected chi connectivity index (χ0v) is 29.2. The highest BCUT2D eigenvalue weighted by Gasteiger charge is 2.39. The van der Waals surface area contributed by atoms with Crippen molar-refractivity contribution in [3.05, 3.63) is 100 Å². The number of aliphatic hydroxyl groups is 1. The molecule has 258 valence electrons. The molecule has 0 amide bonds. The van der Waals surface area contributed by atoms with Gasteiger partial charge in [-0.1, -0.05) is 56.3 Å². The quantitative estimate of drug-likeness (QED) is 0.0863. The molecule has 2 N–H and O–H groups in total. The van der Waals surface area contributed by atoms with Crippen molar-refractivity contribution in [2.75, 3.05) is 33.4 Å². The predicted octanol–water partition coefficient (Wildman–Crippen LogP) is 5.65. The van der Waals surface area contributed by atoms with E-state index in [0.717, 1.165) is 5.56 Å². The number of methoxy groups -OCH3 is 1. The molecule has 0 saturated carbocycles. The number of hydrogen-bond acceptors (Lipinski definition) is 10. The number of nitro benzene ring substituents is 1. The standard InChI is InChI=1S/C33H46N3O9PS/c1-6-44-46(40,45-7-2)33(22-27-13-15-28(16-14-27)36(38)39)34-31(21-26-11-9-8-10-12-26)32(37)24-35(23-25(3)4)47(41,42)30-19-17-29(43-5)18-20-30/h8-20,25,31-34,37H,6-7,21-24H2,1-5H3/t31-,32+,33?/m0/s1. The number of nitrogens with zero attached hydrogens (tertiary/aromatic N) is 2. The number of non-ortho nitro benzene ring substituents is 1. The Labute approximate surface area is 277 Å². The summed E-state index contributed by atoms with van der Waals surface area (Å²) < 4.78 is 59.9. The fourth-order valence-corrected chi connectivity index (χ4v) is 8.73. The Morgan fingerprint density at radius 2 is 1.47 bits per heavy atom. The Morgan fingerprint density at radius 1 is 0.894 bits per heavy atom. The molecule has 3 atom stereocenters. The molecule has 0 aliphatic rings. The van der Waals surface area contributed by atoms with Crippen LogP contribution in [-0.4, -0.2) is 74.1 Å². The molecule has 3 rings (SSSR count). The van der Waals surface area contributed by atoms with E-state index in [-0.39, 0.29) is 55.6 Å². The van der Waals surface area contributed by atoms with Crippen LogP contribution in [0.1, 0.15) is 38.8 Å². The van der Waals surface area contributed by atoms with Crippen LogP contribution in [-0.2, 0) is 36.5 Å². The van der Waals surface area contributed by atoms with Gasteiger partial charge in [-0.05, 0) is 68.0 Å². The molecule has 12 nitrogen and oxygen atoms in total. The van der Waals surface area contributed by atoms with Gasteiger partial charge in [0.25, 0.3) is 5.69 Å². The van der Waals surface area contributed by atoms with Crippen molar-refractivity contribution >= 4 is 23.3 Å². The molecule has 0 spiro atoms. The van der Waals surface area contributed by atoms with E-state index < -0.39 is 40.5 Å². The highest BCUT2D eigenvalue weighted by molar-refractivity contribution is 7.89. The van der Waals surface area contributed by atoms with Crippen LogP contribution >= 0.6 is 7.60 Å². The highest BCUT2D eigenvalue weighted by Crippen LogP contribution is 2.53. The maximum absolute atomic E-state index is 14.3. The van der Waals surface area contributed by atoms with E-state index in [9.17, 15) is 28.2 Å².